The SMILES string of the molecule is CCOc1cc2c(cc1Br)CN(CC(C)(C)C)C2=O. The number of carbonyl (C=O) groups is 1. The van der Waals surface area contributed by atoms with Gasteiger partial charge in [-0.25, -0.2) is 0 Å². The molecule has 2 rings (SSSR count). The molecule has 1 aliphatic rings. The quantitative estimate of drug-likeness (QED) is 0.844. The lowest BCUT2D eigenvalue weighted by Crippen LogP contribution is -2.32. The first-order valence-electron chi connectivity index (χ1n) is 6.56. The van der Waals surface area contributed by atoms with Crippen LogP contribution in [0.4, 0.5) is 0 Å². The maximum atomic E-state index is 12.4. The van der Waals surface area contributed by atoms with Crippen LogP contribution in [0.1, 0.15) is 43.6 Å². The highest BCUT2D eigenvalue weighted by atomic mass is 79.9. The fourth-order valence-electron chi connectivity index (χ4n) is 2.34. The van der Waals surface area contributed by atoms with Crippen molar-refractivity contribution in [3.05, 3.63) is 27.7 Å². The van der Waals surface area contributed by atoms with Gasteiger partial charge in [0.15, 0.2) is 0 Å². The van der Waals surface area contributed by atoms with Crippen molar-refractivity contribution >= 4 is 21.8 Å². The zero-order chi connectivity index (χ0) is 14.2. The zero-order valence-electron chi connectivity index (χ0n) is 11.9. The van der Waals surface area contributed by atoms with Crippen LogP contribution in [0.5, 0.6) is 5.75 Å². The lowest BCUT2D eigenvalue weighted by atomic mass is 9.96. The maximum Gasteiger partial charge on any atom is 0.254 e. The first-order chi connectivity index (χ1) is 8.81. The molecule has 1 aliphatic heterocycles. The topological polar surface area (TPSA) is 29.5 Å². The Hall–Kier alpha value is -1.03. The van der Waals surface area contributed by atoms with Gasteiger partial charge in [-0.05, 0) is 46.0 Å². The van der Waals surface area contributed by atoms with E-state index >= 15 is 0 Å². The van der Waals surface area contributed by atoms with E-state index in [0.717, 1.165) is 27.9 Å². The predicted octanol–water partition coefficient (Wildman–Crippen LogP) is 3.85. The molecule has 0 saturated heterocycles. The Morgan fingerprint density at radius 2 is 2.05 bits per heavy atom. The van der Waals surface area contributed by atoms with Gasteiger partial charge in [0.05, 0.1) is 11.1 Å². The second-order valence-corrected chi connectivity index (χ2v) is 6.95. The molecule has 1 aromatic carbocycles. The van der Waals surface area contributed by atoms with Crippen LogP contribution in [-0.2, 0) is 6.54 Å². The van der Waals surface area contributed by atoms with Crippen LogP contribution in [0.25, 0.3) is 0 Å². The number of fused-ring (bicyclic) bond motifs is 1. The van der Waals surface area contributed by atoms with E-state index in [2.05, 4.69) is 36.7 Å². The summed E-state index contributed by atoms with van der Waals surface area (Å²) in [5.74, 6) is 0.852. The van der Waals surface area contributed by atoms with Gasteiger partial charge >= 0.3 is 0 Å². The summed E-state index contributed by atoms with van der Waals surface area (Å²) in [6.07, 6.45) is 0. The molecule has 0 spiro atoms. The number of halogens is 1. The standard InChI is InChI=1S/C15H20BrNO2/c1-5-19-13-7-11-10(6-12(13)16)8-17(14(11)18)9-15(2,3)4/h6-7H,5,8-9H2,1-4H3. The normalized spacial score (nSPS) is 14.8. The molecular weight excluding hydrogens is 306 g/mol. The summed E-state index contributed by atoms with van der Waals surface area (Å²) < 4.78 is 6.44. The van der Waals surface area contributed by atoms with Crippen molar-refractivity contribution in [1.82, 2.24) is 4.90 Å². The molecule has 0 atom stereocenters. The van der Waals surface area contributed by atoms with Gasteiger partial charge in [-0.1, -0.05) is 20.8 Å². The van der Waals surface area contributed by atoms with Crippen LogP contribution in [0, 0.1) is 5.41 Å². The lowest BCUT2D eigenvalue weighted by molar-refractivity contribution is 0.0720. The van der Waals surface area contributed by atoms with Gasteiger partial charge in [-0.2, -0.15) is 0 Å². The minimum Gasteiger partial charge on any atom is -0.493 e. The van der Waals surface area contributed by atoms with E-state index in [-0.39, 0.29) is 11.3 Å². The van der Waals surface area contributed by atoms with Crippen molar-refractivity contribution in [2.24, 2.45) is 5.41 Å². The number of ether oxygens (including phenoxy) is 1. The number of carbonyl (C=O) groups excluding carboxylic acids is 1. The van der Waals surface area contributed by atoms with Gasteiger partial charge in [-0.15, -0.1) is 0 Å². The van der Waals surface area contributed by atoms with Crippen LogP contribution >= 0.6 is 15.9 Å². The Balaban J connectivity index is 2.28. The average Bonchev–Trinajstić information content (AvgIpc) is 2.55. The molecule has 1 heterocycles. The van der Waals surface area contributed by atoms with Crippen LogP contribution in [0.3, 0.4) is 0 Å². The number of amides is 1. The molecular formula is C15H20BrNO2. The average molecular weight is 326 g/mol. The van der Waals surface area contributed by atoms with Gasteiger partial charge in [0, 0.05) is 18.7 Å². The largest absolute Gasteiger partial charge is 0.493 e. The van der Waals surface area contributed by atoms with E-state index in [0.29, 0.717) is 13.2 Å². The highest BCUT2D eigenvalue weighted by Gasteiger charge is 2.31. The molecule has 19 heavy (non-hydrogen) atoms. The fraction of sp³-hybridized carbons (Fsp3) is 0.533. The summed E-state index contributed by atoms with van der Waals surface area (Å²) in [4.78, 5) is 14.3. The summed E-state index contributed by atoms with van der Waals surface area (Å²) in [6.45, 7) is 10.4. The minimum absolute atomic E-state index is 0.109. The molecule has 0 N–H and O–H groups in total. The lowest BCUT2D eigenvalue weighted by Gasteiger charge is -2.26. The van der Waals surface area contributed by atoms with E-state index in [1.54, 1.807) is 0 Å². The molecule has 1 amide bonds. The van der Waals surface area contributed by atoms with Crippen LogP contribution in [0.15, 0.2) is 16.6 Å². The Labute approximate surface area is 123 Å². The van der Waals surface area contributed by atoms with Gasteiger partial charge in [0.1, 0.15) is 5.75 Å². The van der Waals surface area contributed by atoms with Crippen molar-refractivity contribution in [2.45, 2.75) is 34.2 Å². The fourth-order valence-corrected chi connectivity index (χ4v) is 2.84. The second-order valence-electron chi connectivity index (χ2n) is 6.09. The smallest absolute Gasteiger partial charge is 0.254 e. The van der Waals surface area contributed by atoms with Crippen LogP contribution < -0.4 is 4.74 Å². The van der Waals surface area contributed by atoms with Gasteiger partial charge < -0.3 is 9.64 Å². The van der Waals surface area contributed by atoms with Gasteiger partial charge in [0.2, 0.25) is 0 Å². The third-order valence-corrected chi connectivity index (χ3v) is 3.62. The highest BCUT2D eigenvalue weighted by molar-refractivity contribution is 9.10. The van der Waals surface area contributed by atoms with E-state index in [4.69, 9.17) is 4.74 Å². The Kier molecular flexibility index (Phi) is 3.90. The van der Waals surface area contributed by atoms with E-state index in [1.165, 1.54) is 0 Å². The molecule has 0 aromatic heterocycles. The molecule has 1 aromatic rings. The first kappa shape index (κ1) is 14.4. The molecule has 0 fully saturated rings. The molecule has 3 nitrogen and oxygen atoms in total. The zero-order valence-corrected chi connectivity index (χ0v) is 13.5. The molecule has 0 unspecified atom stereocenters. The van der Waals surface area contributed by atoms with Gasteiger partial charge in [-0.3, -0.25) is 4.79 Å². The second kappa shape index (κ2) is 5.16. The summed E-state index contributed by atoms with van der Waals surface area (Å²) >= 11 is 3.50. The third kappa shape index (κ3) is 3.11. The van der Waals surface area contributed by atoms with Crippen molar-refractivity contribution in [3.63, 3.8) is 0 Å². The maximum absolute atomic E-state index is 12.4. The van der Waals surface area contributed by atoms with Crippen molar-refractivity contribution in [3.8, 4) is 5.75 Å². The summed E-state index contributed by atoms with van der Waals surface area (Å²) in [6, 6.07) is 3.86. The summed E-state index contributed by atoms with van der Waals surface area (Å²) in [5, 5.41) is 0. The van der Waals surface area contributed by atoms with E-state index in [1.807, 2.05) is 24.0 Å². The van der Waals surface area contributed by atoms with E-state index < -0.39 is 0 Å². The number of hydrogen-bond acceptors (Lipinski definition) is 2. The monoisotopic (exact) mass is 325 g/mol. The predicted molar refractivity (Wildman–Crippen MR) is 79.5 cm³/mol. The molecule has 0 aliphatic carbocycles. The van der Waals surface area contributed by atoms with Crippen molar-refractivity contribution < 1.29 is 9.53 Å². The van der Waals surface area contributed by atoms with Gasteiger partial charge in [0.25, 0.3) is 5.91 Å². The summed E-state index contributed by atoms with van der Waals surface area (Å²) in [5.41, 5.74) is 1.96. The minimum atomic E-state index is 0.109. The molecule has 104 valence electrons. The van der Waals surface area contributed by atoms with E-state index in [9.17, 15) is 4.79 Å². The Morgan fingerprint density at radius 3 is 2.63 bits per heavy atom. The summed E-state index contributed by atoms with van der Waals surface area (Å²) in [7, 11) is 0. The molecule has 0 radical (unpaired) electrons. The number of rotatable bonds is 3. The number of hydrogen-bond donors (Lipinski definition) is 0. The third-order valence-electron chi connectivity index (χ3n) is 3.00. The van der Waals surface area contributed by atoms with Crippen molar-refractivity contribution in [1.29, 1.82) is 0 Å². The highest BCUT2D eigenvalue weighted by Crippen LogP contribution is 2.34. The molecule has 4 heteroatoms. The van der Waals surface area contributed by atoms with Crippen LogP contribution in [0.2, 0.25) is 0 Å². The number of benzene rings is 1. The molecule has 0 saturated carbocycles. The Bertz CT molecular complexity index is 506. The molecule has 0 bridgehead atoms. The van der Waals surface area contributed by atoms with Crippen LogP contribution in [-0.4, -0.2) is 24.0 Å². The first-order valence-corrected chi connectivity index (χ1v) is 7.35. The van der Waals surface area contributed by atoms with Crippen molar-refractivity contribution in [2.75, 3.05) is 13.2 Å². The number of nitrogens with zero attached hydrogens (tertiary/aromatic N) is 1. The Morgan fingerprint density at radius 1 is 1.37 bits per heavy atom.